The molecule has 4 heteroatoms. The molecule has 22 heavy (non-hydrogen) atoms. The number of nitrogen functional groups attached to an aromatic ring is 1. The van der Waals surface area contributed by atoms with Gasteiger partial charge in [0.1, 0.15) is 5.82 Å². The Kier molecular flexibility index (Phi) is 3.69. The highest BCUT2D eigenvalue weighted by Gasteiger charge is 2.35. The highest BCUT2D eigenvalue weighted by Crippen LogP contribution is 2.43. The Morgan fingerprint density at radius 2 is 2.05 bits per heavy atom. The summed E-state index contributed by atoms with van der Waals surface area (Å²) in [7, 11) is 0. The molecule has 2 N–H and O–H groups in total. The highest BCUT2D eigenvalue weighted by atomic mass is 15.3. The largest absolute Gasteiger partial charge is 0.344 e. The van der Waals surface area contributed by atoms with Crippen LogP contribution in [0.15, 0.2) is 48.8 Å². The zero-order valence-electron chi connectivity index (χ0n) is 13.4. The molecule has 116 valence electrons. The van der Waals surface area contributed by atoms with Crippen molar-refractivity contribution in [1.82, 2.24) is 14.6 Å². The molecule has 1 aliphatic rings. The molecule has 0 aliphatic carbocycles. The molecule has 0 saturated carbocycles. The summed E-state index contributed by atoms with van der Waals surface area (Å²) < 4.78 is 1.68. The first-order valence-electron chi connectivity index (χ1n) is 7.98. The van der Waals surface area contributed by atoms with E-state index in [1.807, 2.05) is 24.3 Å². The molecule has 0 radical (unpaired) electrons. The molecule has 2 heterocycles. The Hall–Kier alpha value is -2.23. The molecule has 0 saturated heterocycles. The van der Waals surface area contributed by atoms with Crippen molar-refractivity contribution in [2.45, 2.75) is 39.7 Å². The number of imidazole rings is 1. The van der Waals surface area contributed by atoms with Gasteiger partial charge in [0.2, 0.25) is 0 Å². The third kappa shape index (κ3) is 2.19. The second-order valence-corrected chi connectivity index (χ2v) is 6.04. The van der Waals surface area contributed by atoms with Gasteiger partial charge in [-0.25, -0.2) is 9.66 Å². The summed E-state index contributed by atoms with van der Waals surface area (Å²) in [4.78, 5) is 6.84. The molecule has 4 nitrogen and oxygen atoms in total. The fraction of sp³-hybridized carbons (Fsp3) is 0.389. The average Bonchev–Trinajstić information content (AvgIpc) is 3.01. The molecule has 0 amide bonds. The topological polar surface area (TPSA) is 47.1 Å². The van der Waals surface area contributed by atoms with Gasteiger partial charge in [0.25, 0.3) is 0 Å². The SMILES string of the molecule is C=C1N(Cc2nc3ccccc3n2N)C=CC1(CC)CCC. The molecule has 1 aromatic heterocycles. The van der Waals surface area contributed by atoms with E-state index in [1.54, 1.807) is 4.68 Å². The normalized spacial score (nSPS) is 21.2. The van der Waals surface area contributed by atoms with E-state index in [4.69, 9.17) is 5.84 Å². The first-order chi connectivity index (χ1) is 10.6. The molecule has 0 bridgehead atoms. The van der Waals surface area contributed by atoms with Crippen LogP contribution in [0.4, 0.5) is 0 Å². The van der Waals surface area contributed by atoms with Gasteiger partial charge in [0, 0.05) is 17.3 Å². The second-order valence-electron chi connectivity index (χ2n) is 6.04. The van der Waals surface area contributed by atoms with Gasteiger partial charge < -0.3 is 10.7 Å². The van der Waals surface area contributed by atoms with Crippen molar-refractivity contribution in [3.63, 3.8) is 0 Å². The Morgan fingerprint density at radius 1 is 1.27 bits per heavy atom. The van der Waals surface area contributed by atoms with Gasteiger partial charge in [0.15, 0.2) is 0 Å². The third-order valence-corrected chi connectivity index (χ3v) is 4.80. The Labute approximate surface area is 131 Å². The fourth-order valence-electron chi connectivity index (χ4n) is 3.38. The van der Waals surface area contributed by atoms with Gasteiger partial charge in [-0.2, -0.15) is 0 Å². The number of rotatable bonds is 5. The standard InChI is InChI=1S/C18H24N4/c1-4-10-18(5-2)11-12-21(14(18)3)13-17-20-15-8-6-7-9-16(15)22(17)19/h6-9,11-12H,3-5,10,13,19H2,1-2H3. The van der Waals surface area contributed by atoms with Crippen LogP contribution < -0.4 is 5.84 Å². The number of allylic oxidation sites excluding steroid dienone is 1. The zero-order chi connectivity index (χ0) is 15.7. The van der Waals surface area contributed by atoms with Gasteiger partial charge in [-0.15, -0.1) is 0 Å². The van der Waals surface area contributed by atoms with Crippen LogP contribution in [-0.4, -0.2) is 14.6 Å². The lowest BCUT2D eigenvalue weighted by atomic mass is 9.79. The number of benzene rings is 1. The van der Waals surface area contributed by atoms with Crippen molar-refractivity contribution in [2.24, 2.45) is 5.41 Å². The maximum atomic E-state index is 6.20. The molecule has 1 aliphatic heterocycles. The number of fused-ring (bicyclic) bond motifs is 1. The van der Waals surface area contributed by atoms with Crippen molar-refractivity contribution < 1.29 is 0 Å². The maximum absolute atomic E-state index is 6.20. The van der Waals surface area contributed by atoms with Crippen LogP contribution in [0.3, 0.4) is 0 Å². The highest BCUT2D eigenvalue weighted by molar-refractivity contribution is 5.75. The molecule has 1 unspecified atom stereocenters. The molecule has 3 rings (SSSR count). The van der Waals surface area contributed by atoms with E-state index in [0.717, 1.165) is 41.8 Å². The van der Waals surface area contributed by atoms with Crippen molar-refractivity contribution in [2.75, 3.05) is 5.84 Å². The molecular formula is C18H24N4. The van der Waals surface area contributed by atoms with Crippen molar-refractivity contribution in [1.29, 1.82) is 0 Å². The minimum absolute atomic E-state index is 0.0974. The van der Waals surface area contributed by atoms with Crippen molar-refractivity contribution in [3.8, 4) is 0 Å². The fourth-order valence-corrected chi connectivity index (χ4v) is 3.38. The average molecular weight is 296 g/mol. The summed E-state index contributed by atoms with van der Waals surface area (Å²) in [5.74, 6) is 7.05. The van der Waals surface area contributed by atoms with Crippen LogP contribution in [0.25, 0.3) is 11.0 Å². The molecular weight excluding hydrogens is 272 g/mol. The van der Waals surface area contributed by atoms with Gasteiger partial charge in [-0.05, 0) is 25.0 Å². The summed E-state index contributed by atoms with van der Waals surface area (Å²) in [6, 6.07) is 7.95. The summed E-state index contributed by atoms with van der Waals surface area (Å²) in [6.45, 7) is 9.45. The number of para-hydroxylation sites is 2. The van der Waals surface area contributed by atoms with E-state index < -0.39 is 0 Å². The van der Waals surface area contributed by atoms with Crippen LogP contribution in [0.5, 0.6) is 0 Å². The van der Waals surface area contributed by atoms with E-state index in [0.29, 0.717) is 6.54 Å². The molecule has 2 aromatic rings. The number of hydrogen-bond donors (Lipinski definition) is 1. The molecule has 1 aromatic carbocycles. The number of aromatic nitrogens is 2. The summed E-state index contributed by atoms with van der Waals surface area (Å²) in [5, 5.41) is 0. The van der Waals surface area contributed by atoms with E-state index in [-0.39, 0.29) is 5.41 Å². The summed E-state index contributed by atoms with van der Waals surface area (Å²) in [6.07, 6.45) is 7.80. The predicted octanol–water partition coefficient (Wildman–Crippen LogP) is 3.79. The lowest BCUT2D eigenvalue weighted by Crippen LogP contribution is -2.26. The Bertz CT molecular complexity index is 728. The van der Waals surface area contributed by atoms with Gasteiger partial charge >= 0.3 is 0 Å². The smallest absolute Gasteiger partial charge is 0.148 e. The van der Waals surface area contributed by atoms with Crippen molar-refractivity contribution in [3.05, 3.63) is 54.6 Å². The molecule has 0 spiro atoms. The van der Waals surface area contributed by atoms with Crippen LogP contribution in [0, 0.1) is 5.41 Å². The lowest BCUT2D eigenvalue weighted by molar-refractivity contribution is 0.326. The first-order valence-corrected chi connectivity index (χ1v) is 7.98. The van der Waals surface area contributed by atoms with Gasteiger partial charge in [-0.1, -0.05) is 45.1 Å². The molecule has 1 atom stereocenters. The quantitative estimate of drug-likeness (QED) is 0.854. The zero-order valence-corrected chi connectivity index (χ0v) is 13.4. The number of nitrogens with zero attached hydrogens (tertiary/aromatic N) is 3. The monoisotopic (exact) mass is 296 g/mol. The molecule has 0 fully saturated rings. The third-order valence-electron chi connectivity index (χ3n) is 4.80. The minimum atomic E-state index is 0.0974. The second kappa shape index (κ2) is 5.52. The van der Waals surface area contributed by atoms with E-state index in [9.17, 15) is 0 Å². The van der Waals surface area contributed by atoms with Crippen LogP contribution in [0.1, 0.15) is 38.9 Å². The van der Waals surface area contributed by atoms with Crippen LogP contribution in [0.2, 0.25) is 0 Å². The maximum Gasteiger partial charge on any atom is 0.148 e. The minimum Gasteiger partial charge on any atom is -0.344 e. The van der Waals surface area contributed by atoms with Crippen molar-refractivity contribution >= 4 is 11.0 Å². The summed E-state index contributed by atoms with van der Waals surface area (Å²) in [5.41, 5.74) is 3.15. The number of hydrogen-bond acceptors (Lipinski definition) is 3. The van der Waals surface area contributed by atoms with E-state index in [1.165, 1.54) is 0 Å². The lowest BCUT2D eigenvalue weighted by Gasteiger charge is -2.31. The summed E-state index contributed by atoms with van der Waals surface area (Å²) >= 11 is 0. The van der Waals surface area contributed by atoms with Gasteiger partial charge in [-0.3, -0.25) is 0 Å². The van der Waals surface area contributed by atoms with E-state index in [2.05, 4.69) is 42.6 Å². The predicted molar refractivity (Wildman–Crippen MR) is 91.3 cm³/mol. The van der Waals surface area contributed by atoms with E-state index >= 15 is 0 Å². The van der Waals surface area contributed by atoms with Gasteiger partial charge in [0.05, 0.1) is 17.6 Å². The Balaban J connectivity index is 1.86. The van der Waals surface area contributed by atoms with Crippen LogP contribution >= 0.6 is 0 Å². The van der Waals surface area contributed by atoms with Crippen LogP contribution in [-0.2, 0) is 6.54 Å². The first kappa shape index (κ1) is 14.7. The number of nitrogens with two attached hydrogens (primary N) is 1. The Morgan fingerprint density at radius 3 is 2.73 bits per heavy atom.